The molecule has 2 fully saturated rings. The van der Waals surface area contributed by atoms with E-state index >= 15 is 0 Å². The molecule has 2 rings (SSSR count). The Morgan fingerprint density at radius 1 is 1.17 bits per heavy atom. The molecule has 18 heavy (non-hydrogen) atoms. The summed E-state index contributed by atoms with van der Waals surface area (Å²) in [5.74, 6) is 0.843. The monoisotopic (exact) mass is 258 g/mol. The highest BCUT2D eigenvalue weighted by atomic mass is 16.7. The highest BCUT2D eigenvalue weighted by Gasteiger charge is 2.59. The van der Waals surface area contributed by atoms with Gasteiger partial charge < -0.3 is 18.9 Å². The molecule has 0 bridgehead atoms. The third-order valence-corrected chi connectivity index (χ3v) is 5.05. The van der Waals surface area contributed by atoms with Crippen LogP contribution in [0.4, 0.5) is 0 Å². The van der Waals surface area contributed by atoms with Crippen molar-refractivity contribution in [1.82, 2.24) is 0 Å². The van der Waals surface area contributed by atoms with Crippen molar-refractivity contribution in [2.24, 2.45) is 17.3 Å². The van der Waals surface area contributed by atoms with E-state index in [2.05, 4.69) is 13.8 Å². The minimum atomic E-state index is -0.177. The maximum absolute atomic E-state index is 6.00. The maximum atomic E-state index is 6.00. The van der Waals surface area contributed by atoms with E-state index in [0.717, 1.165) is 6.42 Å². The molecule has 1 aliphatic heterocycles. The molecule has 0 amide bonds. The SMILES string of the molecule is COC(OC)[C@H]1CCC[C@@H]2[C@@H](C)O[C@@H](OC)[C@]12C. The summed E-state index contributed by atoms with van der Waals surface area (Å²) >= 11 is 0. The first kappa shape index (κ1) is 14.3. The Kier molecular flexibility index (Phi) is 4.32. The molecule has 0 aromatic heterocycles. The fourth-order valence-corrected chi connectivity index (χ4v) is 4.14. The van der Waals surface area contributed by atoms with Gasteiger partial charge in [0.25, 0.3) is 0 Å². The summed E-state index contributed by atoms with van der Waals surface area (Å²) < 4.78 is 22.6. The van der Waals surface area contributed by atoms with Crippen LogP contribution in [0.3, 0.4) is 0 Å². The van der Waals surface area contributed by atoms with Gasteiger partial charge in [-0.25, -0.2) is 0 Å². The average molecular weight is 258 g/mol. The third kappa shape index (κ3) is 1.99. The van der Waals surface area contributed by atoms with Crippen LogP contribution in [-0.4, -0.2) is 40.0 Å². The van der Waals surface area contributed by atoms with Crippen LogP contribution in [0, 0.1) is 17.3 Å². The van der Waals surface area contributed by atoms with Crippen molar-refractivity contribution in [3.05, 3.63) is 0 Å². The summed E-state index contributed by atoms with van der Waals surface area (Å²) in [7, 11) is 5.15. The normalized spacial score (nSPS) is 44.3. The Bertz CT molecular complexity index is 279. The quantitative estimate of drug-likeness (QED) is 0.726. The molecule has 4 nitrogen and oxygen atoms in total. The highest BCUT2D eigenvalue weighted by molar-refractivity contribution is 5.02. The van der Waals surface area contributed by atoms with Gasteiger partial charge in [0, 0.05) is 32.7 Å². The maximum Gasteiger partial charge on any atom is 0.163 e. The Morgan fingerprint density at radius 3 is 2.39 bits per heavy atom. The molecule has 2 aliphatic rings. The van der Waals surface area contributed by atoms with Gasteiger partial charge in [0.1, 0.15) is 0 Å². The molecule has 0 aromatic rings. The second-order valence-electron chi connectivity index (χ2n) is 5.76. The minimum Gasteiger partial charge on any atom is -0.356 e. The molecule has 0 radical (unpaired) electrons. The Morgan fingerprint density at radius 2 is 1.83 bits per heavy atom. The minimum absolute atomic E-state index is 0.0247. The summed E-state index contributed by atoms with van der Waals surface area (Å²) in [4.78, 5) is 0. The number of ether oxygens (including phenoxy) is 4. The van der Waals surface area contributed by atoms with E-state index in [-0.39, 0.29) is 24.1 Å². The smallest absolute Gasteiger partial charge is 0.163 e. The molecular weight excluding hydrogens is 232 g/mol. The lowest BCUT2D eigenvalue weighted by Gasteiger charge is -2.47. The van der Waals surface area contributed by atoms with Crippen molar-refractivity contribution in [2.45, 2.75) is 51.8 Å². The number of rotatable bonds is 4. The van der Waals surface area contributed by atoms with Gasteiger partial charge in [0.15, 0.2) is 12.6 Å². The van der Waals surface area contributed by atoms with E-state index < -0.39 is 0 Å². The van der Waals surface area contributed by atoms with Gasteiger partial charge in [0.2, 0.25) is 0 Å². The zero-order valence-electron chi connectivity index (χ0n) is 12.1. The topological polar surface area (TPSA) is 36.9 Å². The van der Waals surface area contributed by atoms with E-state index in [1.54, 1.807) is 21.3 Å². The summed E-state index contributed by atoms with van der Waals surface area (Å²) in [5, 5.41) is 0. The lowest BCUT2D eigenvalue weighted by molar-refractivity contribution is -0.224. The van der Waals surface area contributed by atoms with Crippen molar-refractivity contribution < 1.29 is 18.9 Å². The van der Waals surface area contributed by atoms with Gasteiger partial charge in [-0.3, -0.25) is 0 Å². The zero-order chi connectivity index (χ0) is 13.3. The first-order chi connectivity index (χ1) is 8.59. The highest BCUT2D eigenvalue weighted by Crippen LogP contribution is 2.56. The van der Waals surface area contributed by atoms with E-state index in [0.29, 0.717) is 11.8 Å². The largest absolute Gasteiger partial charge is 0.356 e. The predicted octanol–water partition coefficient (Wildman–Crippen LogP) is 2.42. The Hall–Kier alpha value is -0.160. The van der Waals surface area contributed by atoms with Gasteiger partial charge in [0.05, 0.1) is 6.10 Å². The van der Waals surface area contributed by atoms with Crippen LogP contribution < -0.4 is 0 Å². The molecule has 106 valence electrons. The number of fused-ring (bicyclic) bond motifs is 1. The third-order valence-electron chi connectivity index (χ3n) is 5.05. The van der Waals surface area contributed by atoms with Crippen molar-refractivity contribution in [2.75, 3.05) is 21.3 Å². The van der Waals surface area contributed by atoms with Gasteiger partial charge in [-0.05, 0) is 25.7 Å². The summed E-state index contributed by atoms with van der Waals surface area (Å²) in [6.45, 7) is 4.42. The van der Waals surface area contributed by atoms with Crippen LogP contribution >= 0.6 is 0 Å². The fraction of sp³-hybridized carbons (Fsp3) is 1.00. The van der Waals surface area contributed by atoms with Gasteiger partial charge in [-0.2, -0.15) is 0 Å². The van der Waals surface area contributed by atoms with Gasteiger partial charge in [-0.15, -0.1) is 0 Å². The van der Waals surface area contributed by atoms with Crippen molar-refractivity contribution in [3.8, 4) is 0 Å². The fourth-order valence-electron chi connectivity index (χ4n) is 4.14. The predicted molar refractivity (Wildman–Crippen MR) is 68.1 cm³/mol. The van der Waals surface area contributed by atoms with Crippen LogP contribution in [-0.2, 0) is 18.9 Å². The standard InChI is InChI=1S/C14H26O4/c1-9-10-7-6-8-11(12(15-3)16-4)14(10,2)13(17-5)18-9/h9-13H,6-8H2,1-5H3/t9-,10-,11-,13-,14+/m1/s1. The molecule has 0 unspecified atom stereocenters. The van der Waals surface area contributed by atoms with E-state index in [1.165, 1.54) is 12.8 Å². The van der Waals surface area contributed by atoms with Crippen molar-refractivity contribution in [3.63, 3.8) is 0 Å². The molecule has 5 atom stereocenters. The first-order valence-corrected chi connectivity index (χ1v) is 6.83. The second kappa shape index (κ2) is 5.45. The molecular formula is C14H26O4. The summed E-state index contributed by atoms with van der Waals surface area (Å²) in [6.07, 6.45) is 3.43. The van der Waals surface area contributed by atoms with Crippen molar-refractivity contribution in [1.29, 1.82) is 0 Å². The lowest BCUT2D eigenvalue weighted by atomic mass is 9.60. The molecule has 1 heterocycles. The van der Waals surface area contributed by atoms with Crippen LogP contribution in [0.15, 0.2) is 0 Å². The lowest BCUT2D eigenvalue weighted by Crippen LogP contribution is -2.50. The molecule has 0 N–H and O–H groups in total. The molecule has 1 aliphatic carbocycles. The van der Waals surface area contributed by atoms with Crippen LogP contribution in [0.25, 0.3) is 0 Å². The second-order valence-corrected chi connectivity index (χ2v) is 5.76. The number of hydrogen-bond donors (Lipinski definition) is 0. The Balaban J connectivity index is 2.30. The zero-order valence-corrected chi connectivity index (χ0v) is 12.1. The van der Waals surface area contributed by atoms with E-state index in [9.17, 15) is 0 Å². The molecule has 4 heteroatoms. The number of hydrogen-bond acceptors (Lipinski definition) is 4. The van der Waals surface area contributed by atoms with Crippen LogP contribution in [0.1, 0.15) is 33.1 Å². The first-order valence-electron chi connectivity index (χ1n) is 6.83. The van der Waals surface area contributed by atoms with Crippen LogP contribution in [0.2, 0.25) is 0 Å². The van der Waals surface area contributed by atoms with Crippen LogP contribution in [0.5, 0.6) is 0 Å². The Labute approximate surface area is 110 Å². The van der Waals surface area contributed by atoms with E-state index in [1.807, 2.05) is 0 Å². The molecule has 0 spiro atoms. The summed E-state index contributed by atoms with van der Waals surface area (Å²) in [5.41, 5.74) is -0.0247. The van der Waals surface area contributed by atoms with Gasteiger partial charge in [-0.1, -0.05) is 13.3 Å². The average Bonchev–Trinajstić information content (AvgIpc) is 2.64. The number of methoxy groups -OCH3 is 3. The molecule has 1 saturated heterocycles. The van der Waals surface area contributed by atoms with E-state index in [4.69, 9.17) is 18.9 Å². The van der Waals surface area contributed by atoms with Crippen molar-refractivity contribution >= 4 is 0 Å². The molecule has 0 aromatic carbocycles. The molecule has 1 saturated carbocycles. The van der Waals surface area contributed by atoms with Gasteiger partial charge >= 0.3 is 0 Å². The summed E-state index contributed by atoms with van der Waals surface area (Å²) in [6, 6.07) is 0.